The zero-order valence-electron chi connectivity index (χ0n) is 17.7. The minimum atomic E-state index is -0.907. The van der Waals surface area contributed by atoms with E-state index >= 15 is 0 Å². The molecule has 32 heavy (non-hydrogen) atoms. The molecule has 1 aromatic carbocycles. The topological polar surface area (TPSA) is 137 Å². The summed E-state index contributed by atoms with van der Waals surface area (Å²) in [5, 5.41) is 0.129. The van der Waals surface area contributed by atoms with Gasteiger partial charge in [0.25, 0.3) is 11.5 Å². The molecular formula is C20H24Cl2N4O6. The Hall–Kier alpha value is -2.82. The van der Waals surface area contributed by atoms with Gasteiger partial charge in [-0.25, -0.2) is 9.59 Å². The number of nitrogen functional groups attached to an aromatic ring is 1. The maximum atomic E-state index is 12.9. The number of aromatic amines is 1. The molecule has 12 heteroatoms. The van der Waals surface area contributed by atoms with Crippen LogP contribution in [-0.4, -0.2) is 48.3 Å². The zero-order valence-corrected chi connectivity index (χ0v) is 19.2. The lowest BCUT2D eigenvalue weighted by molar-refractivity contribution is -0.121. The molecule has 2 rings (SSSR count). The third kappa shape index (κ3) is 5.90. The van der Waals surface area contributed by atoms with Gasteiger partial charge < -0.3 is 15.2 Å². The number of rotatable bonds is 10. The van der Waals surface area contributed by atoms with Crippen LogP contribution in [0, 0.1) is 0 Å². The Balaban J connectivity index is 2.34. The number of halogens is 2. The monoisotopic (exact) mass is 486 g/mol. The molecule has 0 unspecified atom stereocenters. The molecule has 0 aliphatic heterocycles. The number of benzene rings is 1. The van der Waals surface area contributed by atoms with Gasteiger partial charge in [0.2, 0.25) is 0 Å². The van der Waals surface area contributed by atoms with E-state index in [0.29, 0.717) is 6.42 Å². The summed E-state index contributed by atoms with van der Waals surface area (Å²) in [6.07, 6.45) is 1.42. The molecule has 0 aliphatic carbocycles. The van der Waals surface area contributed by atoms with Crippen molar-refractivity contribution in [3.05, 3.63) is 54.6 Å². The molecule has 1 aromatic heterocycles. The molecule has 1 amide bonds. The number of unbranched alkanes of at least 4 members (excludes halogenated alkanes) is 1. The number of methoxy groups -OCH3 is 1. The highest BCUT2D eigenvalue weighted by Gasteiger charge is 2.26. The number of aromatic nitrogens is 2. The van der Waals surface area contributed by atoms with Gasteiger partial charge in [0.1, 0.15) is 5.82 Å². The number of carbonyl (C=O) groups excluding carboxylic acids is 2. The number of nitrogens with two attached hydrogens (primary N) is 1. The fourth-order valence-electron chi connectivity index (χ4n) is 2.89. The molecule has 0 bridgehead atoms. The van der Waals surface area contributed by atoms with E-state index in [1.54, 1.807) is 6.07 Å². The molecule has 0 aliphatic rings. The van der Waals surface area contributed by atoms with Crippen molar-refractivity contribution in [3.63, 3.8) is 0 Å². The van der Waals surface area contributed by atoms with E-state index in [-0.39, 0.29) is 46.8 Å². The van der Waals surface area contributed by atoms with Gasteiger partial charge in [-0.3, -0.25) is 24.0 Å². The Morgan fingerprint density at radius 3 is 2.47 bits per heavy atom. The Morgan fingerprint density at radius 2 is 1.88 bits per heavy atom. The molecule has 2 aromatic rings. The van der Waals surface area contributed by atoms with Crippen molar-refractivity contribution in [1.82, 2.24) is 9.55 Å². The third-order valence-corrected chi connectivity index (χ3v) is 5.16. The molecular weight excluding hydrogens is 463 g/mol. The van der Waals surface area contributed by atoms with E-state index in [4.69, 9.17) is 38.4 Å². The summed E-state index contributed by atoms with van der Waals surface area (Å²) in [6, 6.07) is 4.47. The summed E-state index contributed by atoms with van der Waals surface area (Å²) in [5.41, 5.74) is 4.26. The molecule has 0 saturated carbocycles. The van der Waals surface area contributed by atoms with Crippen molar-refractivity contribution < 1.29 is 19.1 Å². The fourth-order valence-corrected chi connectivity index (χ4v) is 3.44. The quantitative estimate of drug-likeness (QED) is 0.490. The normalized spacial score (nSPS) is 10.8. The third-order valence-electron chi connectivity index (χ3n) is 4.53. The number of amides is 1. The van der Waals surface area contributed by atoms with Gasteiger partial charge in [0.15, 0.2) is 12.3 Å². The first kappa shape index (κ1) is 25.4. The van der Waals surface area contributed by atoms with Gasteiger partial charge in [-0.15, -0.1) is 0 Å². The van der Waals surface area contributed by atoms with Crippen molar-refractivity contribution in [2.75, 3.05) is 37.5 Å². The second-order valence-corrected chi connectivity index (χ2v) is 7.52. The van der Waals surface area contributed by atoms with Crippen LogP contribution in [0.4, 0.5) is 11.5 Å². The van der Waals surface area contributed by atoms with Gasteiger partial charge >= 0.3 is 11.7 Å². The maximum absolute atomic E-state index is 12.9. The standard InChI is InChI=1S/C20H24Cl2N4O6/c1-3-4-8-26-17(23)16(18(28)24-20(26)30)25(9-10-31-2)14(27)11-32-19(29)15-12(21)6-5-7-13(15)22/h5-7H,3-4,8-11,23H2,1-2H3,(H,24,28,30). The fraction of sp³-hybridized carbons (Fsp3) is 0.400. The van der Waals surface area contributed by atoms with Crippen LogP contribution in [0.5, 0.6) is 0 Å². The highest BCUT2D eigenvalue weighted by molar-refractivity contribution is 6.39. The van der Waals surface area contributed by atoms with E-state index in [1.165, 1.54) is 23.8 Å². The predicted molar refractivity (Wildman–Crippen MR) is 122 cm³/mol. The Morgan fingerprint density at radius 1 is 1.22 bits per heavy atom. The van der Waals surface area contributed by atoms with Crippen LogP contribution in [0.15, 0.2) is 27.8 Å². The van der Waals surface area contributed by atoms with Crippen molar-refractivity contribution in [1.29, 1.82) is 0 Å². The summed E-state index contributed by atoms with van der Waals surface area (Å²) >= 11 is 12.0. The van der Waals surface area contributed by atoms with Crippen molar-refractivity contribution in [3.8, 4) is 0 Å². The minimum absolute atomic E-state index is 0.0585. The summed E-state index contributed by atoms with van der Waals surface area (Å²) in [4.78, 5) is 53.2. The lowest BCUT2D eigenvalue weighted by atomic mass is 10.2. The van der Waals surface area contributed by atoms with Crippen LogP contribution >= 0.6 is 23.2 Å². The minimum Gasteiger partial charge on any atom is -0.452 e. The first-order valence-corrected chi connectivity index (χ1v) is 10.5. The molecule has 174 valence electrons. The second kappa shape index (κ2) is 11.7. The number of hydrogen-bond donors (Lipinski definition) is 2. The average Bonchev–Trinajstić information content (AvgIpc) is 2.73. The average molecular weight is 487 g/mol. The smallest absolute Gasteiger partial charge is 0.341 e. The molecule has 0 atom stereocenters. The van der Waals surface area contributed by atoms with Gasteiger partial charge in [-0.2, -0.15) is 0 Å². The summed E-state index contributed by atoms with van der Waals surface area (Å²) in [5.74, 6) is -1.83. The molecule has 0 spiro atoms. The van der Waals surface area contributed by atoms with Gasteiger partial charge in [0.05, 0.1) is 22.2 Å². The van der Waals surface area contributed by atoms with Crippen LogP contribution in [-0.2, 0) is 20.8 Å². The molecule has 10 nitrogen and oxygen atoms in total. The number of ether oxygens (including phenoxy) is 2. The summed E-state index contributed by atoms with van der Waals surface area (Å²) < 4.78 is 11.3. The molecule has 0 fully saturated rings. The first-order chi connectivity index (χ1) is 15.2. The Bertz CT molecular complexity index is 1080. The highest BCUT2D eigenvalue weighted by atomic mass is 35.5. The van der Waals surface area contributed by atoms with Crippen LogP contribution in [0.1, 0.15) is 30.1 Å². The highest BCUT2D eigenvalue weighted by Crippen LogP contribution is 2.25. The number of anilines is 2. The summed E-state index contributed by atoms with van der Waals surface area (Å²) in [7, 11) is 1.41. The zero-order chi connectivity index (χ0) is 23.8. The number of carbonyl (C=O) groups is 2. The van der Waals surface area contributed by atoms with Crippen LogP contribution in [0.2, 0.25) is 10.0 Å². The number of nitrogens with one attached hydrogen (secondary N) is 1. The Kier molecular flexibility index (Phi) is 9.30. The number of hydrogen-bond acceptors (Lipinski definition) is 7. The van der Waals surface area contributed by atoms with Gasteiger partial charge in [-0.05, 0) is 18.6 Å². The first-order valence-electron chi connectivity index (χ1n) is 9.75. The van der Waals surface area contributed by atoms with E-state index in [2.05, 4.69) is 4.98 Å². The number of esters is 1. The van der Waals surface area contributed by atoms with Gasteiger partial charge in [0, 0.05) is 20.2 Å². The molecule has 3 N–H and O–H groups in total. The molecule has 0 radical (unpaired) electrons. The van der Waals surface area contributed by atoms with E-state index in [0.717, 1.165) is 11.3 Å². The SMILES string of the molecule is CCCCn1c(N)c(N(CCOC)C(=O)COC(=O)c2c(Cl)cccc2Cl)c(=O)[nH]c1=O. The van der Waals surface area contributed by atoms with E-state index < -0.39 is 29.7 Å². The Labute approximate surface area is 193 Å². The van der Waals surface area contributed by atoms with E-state index in [1.807, 2.05) is 6.92 Å². The van der Waals surface area contributed by atoms with Crippen molar-refractivity contribution in [2.45, 2.75) is 26.3 Å². The second-order valence-electron chi connectivity index (χ2n) is 6.71. The van der Waals surface area contributed by atoms with Crippen molar-refractivity contribution >= 4 is 46.6 Å². The summed E-state index contributed by atoms with van der Waals surface area (Å²) in [6.45, 7) is 1.46. The van der Waals surface area contributed by atoms with Crippen molar-refractivity contribution in [2.24, 2.45) is 0 Å². The number of nitrogens with zero attached hydrogens (tertiary/aromatic N) is 2. The lowest BCUT2D eigenvalue weighted by Crippen LogP contribution is -2.44. The predicted octanol–water partition coefficient (Wildman–Crippen LogP) is 2.06. The maximum Gasteiger partial charge on any atom is 0.341 e. The lowest BCUT2D eigenvalue weighted by Gasteiger charge is -2.24. The van der Waals surface area contributed by atoms with Crippen LogP contribution in [0.3, 0.4) is 0 Å². The largest absolute Gasteiger partial charge is 0.452 e. The van der Waals surface area contributed by atoms with Crippen LogP contribution < -0.4 is 21.9 Å². The molecule has 0 saturated heterocycles. The number of H-pyrrole nitrogens is 1. The van der Waals surface area contributed by atoms with E-state index in [9.17, 15) is 19.2 Å². The van der Waals surface area contributed by atoms with Gasteiger partial charge in [-0.1, -0.05) is 42.6 Å². The molecule has 1 heterocycles. The van der Waals surface area contributed by atoms with Crippen LogP contribution in [0.25, 0.3) is 0 Å².